The number of aryl methyl sites for hydroxylation is 2. The number of anilines is 1. The van der Waals surface area contributed by atoms with Crippen molar-refractivity contribution in [1.82, 2.24) is 5.32 Å². The molecule has 4 rings (SSSR count). The molecule has 5 nitrogen and oxygen atoms in total. The maximum Gasteiger partial charge on any atom is 0.261 e. The molecule has 0 saturated carbocycles. The Morgan fingerprint density at radius 1 is 0.933 bits per heavy atom. The van der Waals surface area contributed by atoms with Crippen LogP contribution in [-0.2, 0) is 16.4 Å². The van der Waals surface area contributed by atoms with E-state index in [1.807, 2.05) is 25.1 Å². The van der Waals surface area contributed by atoms with Crippen molar-refractivity contribution in [3.05, 3.63) is 95.1 Å². The summed E-state index contributed by atoms with van der Waals surface area (Å²) in [6.45, 7) is 1.90. The Morgan fingerprint density at radius 2 is 1.63 bits per heavy atom. The van der Waals surface area contributed by atoms with Gasteiger partial charge in [0.05, 0.1) is 22.2 Å². The predicted molar refractivity (Wildman–Crippen MR) is 118 cm³/mol. The van der Waals surface area contributed by atoms with Crippen LogP contribution in [0, 0.1) is 6.92 Å². The van der Waals surface area contributed by atoms with Gasteiger partial charge in [-0.1, -0.05) is 54.1 Å². The van der Waals surface area contributed by atoms with Crippen molar-refractivity contribution < 1.29 is 13.2 Å². The normalized spacial score (nSPS) is 15.8. The van der Waals surface area contributed by atoms with Gasteiger partial charge in [-0.2, -0.15) is 0 Å². The minimum atomic E-state index is -3.80. The highest BCUT2D eigenvalue weighted by molar-refractivity contribution is 7.92. The fraction of sp³-hybridized carbons (Fsp3) is 0.208. The van der Waals surface area contributed by atoms with E-state index < -0.39 is 10.0 Å². The molecule has 0 bridgehead atoms. The van der Waals surface area contributed by atoms with Gasteiger partial charge in [-0.15, -0.1) is 0 Å². The molecule has 30 heavy (non-hydrogen) atoms. The van der Waals surface area contributed by atoms with Crippen LogP contribution in [0.25, 0.3) is 0 Å². The number of hydrogen-bond acceptors (Lipinski definition) is 3. The predicted octanol–water partition coefficient (Wildman–Crippen LogP) is 4.60. The van der Waals surface area contributed by atoms with Crippen LogP contribution < -0.4 is 10.0 Å². The molecule has 3 aromatic rings. The highest BCUT2D eigenvalue weighted by atomic mass is 32.2. The van der Waals surface area contributed by atoms with Gasteiger partial charge in [-0.25, -0.2) is 8.42 Å². The molecule has 6 heteroatoms. The number of carbonyl (C=O) groups is 1. The largest absolute Gasteiger partial charge is 0.345 e. The number of rotatable bonds is 5. The van der Waals surface area contributed by atoms with Gasteiger partial charge in [-0.3, -0.25) is 9.52 Å². The summed E-state index contributed by atoms with van der Waals surface area (Å²) in [5.74, 6) is -0.293. The zero-order valence-corrected chi connectivity index (χ0v) is 17.6. The molecule has 0 heterocycles. The Balaban J connectivity index is 1.58. The molecule has 1 aliphatic rings. The third-order valence-corrected chi connectivity index (χ3v) is 6.80. The number of benzene rings is 3. The fourth-order valence-electron chi connectivity index (χ4n) is 3.83. The number of amides is 1. The molecule has 0 radical (unpaired) electrons. The minimum Gasteiger partial charge on any atom is -0.345 e. The Morgan fingerprint density at radius 3 is 2.43 bits per heavy atom. The molecular formula is C24H24N2O3S. The van der Waals surface area contributed by atoms with E-state index in [0.29, 0.717) is 5.56 Å². The zero-order chi connectivity index (χ0) is 21.1. The lowest BCUT2D eigenvalue weighted by Gasteiger charge is -2.26. The first kappa shape index (κ1) is 20.2. The summed E-state index contributed by atoms with van der Waals surface area (Å²) >= 11 is 0. The SMILES string of the molecule is Cc1ccc(S(=O)(=O)Nc2ccccc2C(=O)NC2CCCc3ccccc32)cc1. The van der Waals surface area contributed by atoms with Crippen LogP contribution in [0.15, 0.2) is 77.7 Å². The van der Waals surface area contributed by atoms with Crippen LogP contribution in [-0.4, -0.2) is 14.3 Å². The third-order valence-electron chi connectivity index (χ3n) is 5.42. The second kappa shape index (κ2) is 8.32. The van der Waals surface area contributed by atoms with Gasteiger partial charge in [0.15, 0.2) is 0 Å². The van der Waals surface area contributed by atoms with Crippen molar-refractivity contribution in [2.75, 3.05) is 4.72 Å². The van der Waals surface area contributed by atoms with Crippen molar-refractivity contribution in [3.8, 4) is 0 Å². The number of para-hydroxylation sites is 1. The molecule has 2 N–H and O–H groups in total. The Labute approximate surface area is 177 Å². The van der Waals surface area contributed by atoms with Gasteiger partial charge in [0.25, 0.3) is 15.9 Å². The van der Waals surface area contributed by atoms with E-state index in [4.69, 9.17) is 0 Å². The summed E-state index contributed by atoms with van der Waals surface area (Å²) in [4.78, 5) is 13.2. The zero-order valence-electron chi connectivity index (χ0n) is 16.8. The van der Waals surface area contributed by atoms with E-state index in [0.717, 1.165) is 30.4 Å². The fourth-order valence-corrected chi connectivity index (χ4v) is 4.91. The van der Waals surface area contributed by atoms with Gasteiger partial charge in [0.1, 0.15) is 0 Å². The van der Waals surface area contributed by atoms with Gasteiger partial charge in [0, 0.05) is 0 Å². The van der Waals surface area contributed by atoms with Crippen LogP contribution in [0.5, 0.6) is 0 Å². The van der Waals surface area contributed by atoms with Gasteiger partial charge >= 0.3 is 0 Å². The lowest BCUT2D eigenvalue weighted by atomic mass is 9.87. The Kier molecular flexibility index (Phi) is 5.59. The second-order valence-corrected chi connectivity index (χ2v) is 9.26. The number of nitrogens with one attached hydrogen (secondary N) is 2. The smallest absolute Gasteiger partial charge is 0.261 e. The van der Waals surface area contributed by atoms with Gasteiger partial charge in [-0.05, 0) is 61.6 Å². The van der Waals surface area contributed by atoms with Crippen LogP contribution in [0.2, 0.25) is 0 Å². The Bertz CT molecular complexity index is 1170. The molecule has 0 aromatic heterocycles. The van der Waals surface area contributed by atoms with Crippen molar-refractivity contribution in [2.24, 2.45) is 0 Å². The summed E-state index contributed by atoms with van der Waals surface area (Å²) in [6.07, 6.45) is 2.87. The summed E-state index contributed by atoms with van der Waals surface area (Å²) in [5.41, 5.74) is 3.93. The van der Waals surface area contributed by atoms with Crippen molar-refractivity contribution in [1.29, 1.82) is 0 Å². The van der Waals surface area contributed by atoms with E-state index in [1.54, 1.807) is 48.5 Å². The van der Waals surface area contributed by atoms with Crippen LogP contribution >= 0.6 is 0 Å². The number of hydrogen-bond donors (Lipinski definition) is 2. The molecule has 1 amide bonds. The highest BCUT2D eigenvalue weighted by Gasteiger charge is 2.24. The maximum atomic E-state index is 13.1. The summed E-state index contributed by atoms with van der Waals surface area (Å²) in [7, 11) is -3.80. The van der Waals surface area contributed by atoms with Gasteiger partial charge in [0.2, 0.25) is 0 Å². The average Bonchev–Trinajstić information content (AvgIpc) is 2.74. The summed E-state index contributed by atoms with van der Waals surface area (Å²) in [6, 6.07) is 21.3. The molecule has 154 valence electrons. The summed E-state index contributed by atoms with van der Waals surface area (Å²) < 4.78 is 28.2. The van der Waals surface area contributed by atoms with E-state index in [-0.39, 0.29) is 22.5 Å². The van der Waals surface area contributed by atoms with Crippen molar-refractivity contribution in [3.63, 3.8) is 0 Å². The van der Waals surface area contributed by atoms with E-state index in [2.05, 4.69) is 16.1 Å². The monoisotopic (exact) mass is 420 g/mol. The minimum absolute atomic E-state index is 0.0794. The van der Waals surface area contributed by atoms with Crippen LogP contribution in [0.1, 0.15) is 45.9 Å². The standard InChI is InChI=1S/C24H24N2O3S/c1-17-13-15-19(16-14-17)30(28,29)26-23-11-5-4-10-21(23)24(27)25-22-12-6-8-18-7-2-3-9-20(18)22/h2-5,7,9-11,13-16,22,26H,6,8,12H2,1H3,(H,25,27). The molecule has 0 fully saturated rings. The molecule has 1 atom stereocenters. The topological polar surface area (TPSA) is 75.3 Å². The molecular weight excluding hydrogens is 396 g/mol. The summed E-state index contributed by atoms with van der Waals surface area (Å²) in [5, 5.41) is 3.09. The maximum absolute atomic E-state index is 13.1. The number of fused-ring (bicyclic) bond motifs is 1. The van der Waals surface area contributed by atoms with E-state index in [9.17, 15) is 13.2 Å². The Hall–Kier alpha value is -3.12. The van der Waals surface area contributed by atoms with E-state index in [1.165, 1.54) is 5.56 Å². The highest BCUT2D eigenvalue weighted by Crippen LogP contribution is 2.30. The first-order valence-electron chi connectivity index (χ1n) is 10.0. The van der Waals surface area contributed by atoms with Crippen LogP contribution in [0.3, 0.4) is 0 Å². The molecule has 3 aromatic carbocycles. The number of carbonyl (C=O) groups excluding carboxylic acids is 1. The first-order valence-corrected chi connectivity index (χ1v) is 11.5. The quantitative estimate of drug-likeness (QED) is 0.633. The molecule has 1 unspecified atom stereocenters. The van der Waals surface area contributed by atoms with Crippen molar-refractivity contribution >= 4 is 21.6 Å². The van der Waals surface area contributed by atoms with Gasteiger partial charge < -0.3 is 5.32 Å². The number of sulfonamides is 1. The molecule has 0 saturated heterocycles. The first-order chi connectivity index (χ1) is 14.4. The lowest BCUT2D eigenvalue weighted by molar-refractivity contribution is 0.0933. The third kappa shape index (κ3) is 4.24. The second-order valence-electron chi connectivity index (χ2n) is 7.58. The van der Waals surface area contributed by atoms with Crippen molar-refractivity contribution in [2.45, 2.75) is 37.1 Å². The lowest BCUT2D eigenvalue weighted by Crippen LogP contribution is -2.31. The molecule has 1 aliphatic carbocycles. The van der Waals surface area contributed by atoms with Crippen LogP contribution in [0.4, 0.5) is 5.69 Å². The average molecular weight is 421 g/mol. The molecule has 0 spiro atoms. The van der Waals surface area contributed by atoms with E-state index >= 15 is 0 Å². The molecule has 0 aliphatic heterocycles.